The van der Waals surface area contributed by atoms with Gasteiger partial charge in [-0.05, 0) is 20.3 Å². The molecule has 0 aliphatic heterocycles. The Morgan fingerprint density at radius 1 is 1.17 bits per heavy atom. The first kappa shape index (κ1) is 19.4. The molecule has 8 heteroatoms. The molecule has 1 aromatic heterocycles. The third-order valence-corrected chi connectivity index (χ3v) is 3.51. The molecular weight excluding hydrogens is 316 g/mol. The lowest BCUT2D eigenvalue weighted by Gasteiger charge is -2.18. The number of carboxylic acids is 2. The topological polar surface area (TPSA) is 126 Å². The predicted octanol–water partition coefficient (Wildman–Crippen LogP) is 1.50. The number of pyridine rings is 1. The number of aromatic nitrogens is 1. The summed E-state index contributed by atoms with van der Waals surface area (Å²) in [5.41, 5.74) is -1.70. The highest BCUT2D eigenvalue weighted by Crippen LogP contribution is 2.09. The number of hydrogen-bond donors (Lipinski definition) is 3. The number of nitrogens with zero attached hydrogens (tertiary/aromatic N) is 1. The molecule has 3 N–H and O–H groups in total. The van der Waals surface area contributed by atoms with E-state index in [4.69, 9.17) is 10.2 Å². The van der Waals surface area contributed by atoms with E-state index >= 15 is 0 Å². The van der Waals surface area contributed by atoms with Crippen molar-refractivity contribution in [3.8, 4) is 0 Å². The van der Waals surface area contributed by atoms with E-state index in [0.29, 0.717) is 12.8 Å². The van der Waals surface area contributed by atoms with Crippen LogP contribution in [0.25, 0.3) is 0 Å². The fourth-order valence-corrected chi connectivity index (χ4v) is 2.26. The molecule has 0 fully saturated rings. The first-order chi connectivity index (χ1) is 11.2. The van der Waals surface area contributed by atoms with Gasteiger partial charge in [0.25, 0.3) is 5.91 Å². The third kappa shape index (κ3) is 4.94. The van der Waals surface area contributed by atoms with Gasteiger partial charge in [-0.1, -0.05) is 13.3 Å². The van der Waals surface area contributed by atoms with Crippen LogP contribution in [0.4, 0.5) is 0 Å². The number of nitrogens with one attached hydrogen (secondary N) is 1. The van der Waals surface area contributed by atoms with Crippen LogP contribution in [0.2, 0.25) is 0 Å². The SMILES string of the molecule is CCC[C@H](CC(=O)O)NC(=O)c1cn(C(C)C)cc(C(=O)O)c1=O. The van der Waals surface area contributed by atoms with E-state index in [1.807, 2.05) is 6.92 Å². The molecule has 0 bridgehead atoms. The van der Waals surface area contributed by atoms with Gasteiger partial charge < -0.3 is 20.1 Å². The molecule has 0 saturated carbocycles. The normalized spacial score (nSPS) is 12.0. The number of aliphatic carboxylic acids is 1. The molecule has 0 saturated heterocycles. The molecular formula is C16H22N2O6. The fraction of sp³-hybridized carbons (Fsp3) is 0.500. The molecule has 0 radical (unpaired) electrons. The van der Waals surface area contributed by atoms with Crippen LogP contribution in [0.3, 0.4) is 0 Å². The van der Waals surface area contributed by atoms with Gasteiger partial charge in [0.05, 0.1) is 6.42 Å². The molecule has 1 aromatic rings. The second kappa shape index (κ2) is 8.28. The van der Waals surface area contributed by atoms with Gasteiger partial charge in [0.1, 0.15) is 11.1 Å². The minimum atomic E-state index is -1.42. The summed E-state index contributed by atoms with van der Waals surface area (Å²) in [4.78, 5) is 46.7. The van der Waals surface area contributed by atoms with Crippen LogP contribution < -0.4 is 10.7 Å². The van der Waals surface area contributed by atoms with Gasteiger partial charge in [-0.3, -0.25) is 14.4 Å². The summed E-state index contributed by atoms with van der Waals surface area (Å²) in [6.45, 7) is 5.40. The van der Waals surface area contributed by atoms with Crippen LogP contribution in [0, 0.1) is 0 Å². The van der Waals surface area contributed by atoms with Crippen molar-refractivity contribution in [1.29, 1.82) is 0 Å². The standard InChI is InChI=1S/C16H22N2O6/c1-4-5-10(6-13(19)20)17-15(22)11-7-18(9(2)3)8-12(14(11)21)16(23)24/h7-10H,4-6H2,1-3H3,(H,17,22)(H,19,20)(H,23,24)/t10-/m1/s1. The zero-order chi connectivity index (χ0) is 18.4. The molecule has 1 amide bonds. The van der Waals surface area contributed by atoms with E-state index in [-0.39, 0.29) is 18.0 Å². The highest BCUT2D eigenvalue weighted by atomic mass is 16.4. The first-order valence-electron chi connectivity index (χ1n) is 7.69. The molecule has 0 unspecified atom stereocenters. The van der Waals surface area contributed by atoms with Gasteiger partial charge in [0.2, 0.25) is 5.43 Å². The maximum atomic E-state index is 12.4. The van der Waals surface area contributed by atoms with Crippen molar-refractivity contribution < 1.29 is 24.6 Å². The van der Waals surface area contributed by atoms with E-state index in [0.717, 1.165) is 0 Å². The molecule has 1 atom stereocenters. The van der Waals surface area contributed by atoms with Crippen LogP contribution in [0.15, 0.2) is 17.2 Å². The molecule has 0 aliphatic rings. The summed E-state index contributed by atoms with van der Waals surface area (Å²) in [6, 6.07) is -0.777. The quantitative estimate of drug-likeness (QED) is 0.659. The van der Waals surface area contributed by atoms with E-state index in [1.165, 1.54) is 17.0 Å². The molecule has 1 rings (SSSR count). The van der Waals surface area contributed by atoms with E-state index in [2.05, 4.69) is 5.32 Å². The lowest BCUT2D eigenvalue weighted by Crippen LogP contribution is -2.39. The summed E-state index contributed by atoms with van der Waals surface area (Å²) in [6.07, 6.45) is 3.31. The lowest BCUT2D eigenvalue weighted by atomic mass is 10.1. The Kier molecular flexibility index (Phi) is 6.69. The highest BCUT2D eigenvalue weighted by Gasteiger charge is 2.22. The van der Waals surface area contributed by atoms with E-state index < -0.39 is 34.9 Å². The van der Waals surface area contributed by atoms with Gasteiger partial charge in [0, 0.05) is 24.5 Å². The van der Waals surface area contributed by atoms with Crippen LogP contribution in [0.1, 0.15) is 66.8 Å². The summed E-state index contributed by atoms with van der Waals surface area (Å²) < 4.78 is 1.46. The van der Waals surface area contributed by atoms with Crippen molar-refractivity contribution in [3.05, 3.63) is 33.7 Å². The van der Waals surface area contributed by atoms with Crippen molar-refractivity contribution in [2.45, 2.75) is 52.1 Å². The number of carboxylic acid groups (broad SMARTS) is 2. The maximum Gasteiger partial charge on any atom is 0.341 e. The summed E-state index contributed by atoms with van der Waals surface area (Å²) in [5, 5.41) is 20.5. The Morgan fingerprint density at radius 3 is 2.21 bits per heavy atom. The monoisotopic (exact) mass is 338 g/mol. The van der Waals surface area contributed by atoms with Gasteiger partial charge in [-0.2, -0.15) is 0 Å². The summed E-state index contributed by atoms with van der Waals surface area (Å²) in [7, 11) is 0. The highest BCUT2D eigenvalue weighted by molar-refractivity contribution is 5.97. The smallest absolute Gasteiger partial charge is 0.341 e. The summed E-state index contributed by atoms with van der Waals surface area (Å²) >= 11 is 0. The Bertz CT molecular complexity index is 692. The van der Waals surface area contributed by atoms with Gasteiger partial charge >= 0.3 is 11.9 Å². The second-order valence-electron chi connectivity index (χ2n) is 5.82. The average molecular weight is 338 g/mol. The van der Waals surface area contributed by atoms with Gasteiger partial charge in [-0.25, -0.2) is 4.79 Å². The maximum absolute atomic E-state index is 12.4. The first-order valence-corrected chi connectivity index (χ1v) is 7.69. The number of carbonyl (C=O) groups is 3. The molecule has 0 spiro atoms. The number of hydrogen-bond acceptors (Lipinski definition) is 4. The Morgan fingerprint density at radius 2 is 1.75 bits per heavy atom. The molecule has 0 aliphatic carbocycles. The van der Waals surface area contributed by atoms with Crippen molar-refractivity contribution in [2.75, 3.05) is 0 Å². The third-order valence-electron chi connectivity index (χ3n) is 3.51. The predicted molar refractivity (Wildman–Crippen MR) is 86.5 cm³/mol. The van der Waals surface area contributed by atoms with Gasteiger partial charge in [-0.15, -0.1) is 0 Å². The molecule has 132 valence electrons. The molecule has 1 heterocycles. The van der Waals surface area contributed by atoms with Crippen LogP contribution in [-0.2, 0) is 4.79 Å². The van der Waals surface area contributed by atoms with E-state index in [1.54, 1.807) is 13.8 Å². The van der Waals surface area contributed by atoms with Crippen LogP contribution in [0.5, 0.6) is 0 Å². The van der Waals surface area contributed by atoms with Gasteiger partial charge in [0.15, 0.2) is 0 Å². The minimum Gasteiger partial charge on any atom is -0.481 e. The van der Waals surface area contributed by atoms with Crippen LogP contribution in [-0.4, -0.2) is 38.7 Å². The molecule has 24 heavy (non-hydrogen) atoms. The summed E-state index contributed by atoms with van der Waals surface area (Å²) in [5.74, 6) is -3.25. The Hall–Kier alpha value is -2.64. The van der Waals surface area contributed by atoms with E-state index in [9.17, 15) is 19.2 Å². The zero-order valence-electron chi connectivity index (χ0n) is 13.9. The largest absolute Gasteiger partial charge is 0.481 e. The Labute approximate surface area is 139 Å². The van der Waals surface area contributed by atoms with Crippen molar-refractivity contribution in [3.63, 3.8) is 0 Å². The molecule has 0 aromatic carbocycles. The van der Waals surface area contributed by atoms with Crippen molar-refractivity contribution in [2.24, 2.45) is 0 Å². The fourth-order valence-electron chi connectivity index (χ4n) is 2.26. The minimum absolute atomic E-state index is 0.152. The van der Waals surface area contributed by atoms with Crippen molar-refractivity contribution >= 4 is 17.8 Å². The number of rotatable bonds is 8. The van der Waals surface area contributed by atoms with Crippen molar-refractivity contribution in [1.82, 2.24) is 9.88 Å². The zero-order valence-corrected chi connectivity index (χ0v) is 13.9. The number of amides is 1. The number of carbonyl (C=O) groups excluding carboxylic acids is 1. The lowest BCUT2D eigenvalue weighted by molar-refractivity contribution is -0.137. The number of aromatic carboxylic acids is 1. The van der Waals surface area contributed by atoms with Crippen LogP contribution >= 0.6 is 0 Å². The Balaban J connectivity index is 3.23. The molecule has 8 nitrogen and oxygen atoms in total. The average Bonchev–Trinajstić information content (AvgIpc) is 2.46. The second-order valence-corrected chi connectivity index (χ2v) is 5.82.